The molecule has 0 aliphatic carbocycles. The predicted molar refractivity (Wildman–Crippen MR) is 172 cm³/mol. The Morgan fingerprint density at radius 2 is 1.57 bits per heavy atom. The highest BCUT2D eigenvalue weighted by molar-refractivity contribution is 9.11. The molecule has 0 bridgehead atoms. The van der Waals surface area contributed by atoms with Gasteiger partial charge in [-0.3, -0.25) is 4.79 Å². The molecule has 1 aromatic heterocycles. The summed E-state index contributed by atoms with van der Waals surface area (Å²) < 4.78 is 8.57. The number of H-pyrrole nitrogens is 1. The fourth-order valence-corrected chi connectivity index (χ4v) is 6.49. The van der Waals surface area contributed by atoms with Crippen LogP contribution in [0.4, 0.5) is 0 Å². The van der Waals surface area contributed by atoms with Crippen molar-refractivity contribution in [3.63, 3.8) is 0 Å². The van der Waals surface area contributed by atoms with Gasteiger partial charge in [-0.2, -0.15) is 5.10 Å². The molecule has 6 nitrogen and oxygen atoms in total. The second kappa shape index (κ2) is 12.4. The molecular weight excluding hydrogens is 793 g/mol. The molecular formula is C29H16Br4ClN3O3. The molecule has 4 aromatic carbocycles. The zero-order chi connectivity index (χ0) is 28.4. The van der Waals surface area contributed by atoms with Gasteiger partial charge in [-0.25, -0.2) is 10.2 Å². The van der Waals surface area contributed by atoms with E-state index >= 15 is 0 Å². The van der Waals surface area contributed by atoms with E-state index in [1.54, 1.807) is 42.5 Å². The Labute approximate surface area is 267 Å². The third-order valence-corrected chi connectivity index (χ3v) is 8.13. The summed E-state index contributed by atoms with van der Waals surface area (Å²) in [6, 6.07) is 23.5. The average Bonchev–Trinajstić information content (AvgIpc) is 3.31. The van der Waals surface area contributed by atoms with Crippen LogP contribution in [0.25, 0.3) is 22.0 Å². The zero-order valence-electron chi connectivity index (χ0n) is 20.1. The summed E-state index contributed by atoms with van der Waals surface area (Å²) in [5.74, 6) is -0.759. The number of amides is 1. The van der Waals surface area contributed by atoms with Gasteiger partial charge < -0.3 is 9.72 Å². The standard InChI is InChI=1S/C29H16Br4ClN3O3/c30-18-8-6-16(7-9-18)29(39)40-27-17(10-19(31)12-22(27)33)14-35-37-28(38)26-24(15-4-2-1-3-5-15)21-11-20(32)13-23(34)25(21)36-26/h1-14,36H,(H,37,38). The van der Waals surface area contributed by atoms with Crippen LogP contribution >= 0.6 is 75.3 Å². The van der Waals surface area contributed by atoms with Gasteiger partial charge in [0, 0.05) is 29.9 Å². The lowest BCUT2D eigenvalue weighted by Crippen LogP contribution is -2.19. The van der Waals surface area contributed by atoms with Gasteiger partial charge in [-0.1, -0.05) is 89.7 Å². The highest BCUT2D eigenvalue weighted by Gasteiger charge is 2.21. The second-order valence-corrected chi connectivity index (χ2v) is 12.5. The minimum atomic E-state index is -0.539. The summed E-state index contributed by atoms with van der Waals surface area (Å²) in [5.41, 5.74) is 5.89. The van der Waals surface area contributed by atoms with E-state index in [-0.39, 0.29) is 5.75 Å². The quantitative estimate of drug-likeness (QED) is 0.0777. The molecule has 0 unspecified atom stereocenters. The number of rotatable bonds is 6. The summed E-state index contributed by atoms with van der Waals surface area (Å²) in [4.78, 5) is 29.3. The molecule has 1 amide bonds. The van der Waals surface area contributed by atoms with Crippen molar-refractivity contribution < 1.29 is 14.3 Å². The minimum Gasteiger partial charge on any atom is -0.421 e. The topological polar surface area (TPSA) is 83.5 Å². The number of hydrogen-bond acceptors (Lipinski definition) is 4. The summed E-state index contributed by atoms with van der Waals surface area (Å²) >= 11 is 20.2. The Bertz CT molecular complexity index is 1790. The molecule has 0 aliphatic heterocycles. The van der Waals surface area contributed by atoms with E-state index in [1.165, 1.54) is 6.21 Å². The molecule has 2 N–H and O–H groups in total. The molecule has 1 heterocycles. The molecule has 0 aliphatic rings. The summed E-state index contributed by atoms with van der Waals surface area (Å²) in [5, 5.41) is 5.43. The largest absolute Gasteiger partial charge is 0.421 e. The first-order valence-electron chi connectivity index (χ1n) is 11.6. The fraction of sp³-hybridized carbons (Fsp3) is 0. The van der Waals surface area contributed by atoms with Gasteiger partial charge >= 0.3 is 5.97 Å². The SMILES string of the molecule is O=C(Oc1c(Br)cc(Br)cc1C=NNC(=O)c1[nH]c2c(Cl)cc(Br)cc2c1-c1ccccc1)c1ccc(Br)cc1. The zero-order valence-corrected chi connectivity index (χ0v) is 27.2. The van der Waals surface area contributed by atoms with E-state index in [0.717, 1.165) is 24.4 Å². The monoisotopic (exact) mass is 805 g/mol. The number of benzene rings is 4. The van der Waals surface area contributed by atoms with Crippen molar-refractivity contribution in [1.29, 1.82) is 0 Å². The first kappa shape index (κ1) is 28.8. The van der Waals surface area contributed by atoms with Crippen molar-refractivity contribution in [2.75, 3.05) is 0 Å². The Balaban J connectivity index is 1.46. The number of aromatic nitrogens is 1. The number of esters is 1. The maximum atomic E-state index is 13.4. The molecule has 11 heteroatoms. The number of ether oxygens (including phenoxy) is 1. The highest BCUT2D eigenvalue weighted by Crippen LogP contribution is 2.38. The predicted octanol–water partition coefficient (Wildman–Crippen LogP) is 9.52. The summed E-state index contributed by atoms with van der Waals surface area (Å²) in [7, 11) is 0. The van der Waals surface area contributed by atoms with Crippen molar-refractivity contribution >= 4 is 104 Å². The molecule has 5 rings (SSSR count). The van der Waals surface area contributed by atoms with Crippen LogP contribution in [-0.2, 0) is 0 Å². The van der Waals surface area contributed by atoms with Crippen LogP contribution in [0, 0.1) is 0 Å². The Hall–Kier alpha value is -2.76. The number of aromatic amines is 1. The Morgan fingerprint density at radius 3 is 2.30 bits per heavy atom. The van der Waals surface area contributed by atoms with E-state index < -0.39 is 11.9 Å². The van der Waals surface area contributed by atoms with Gasteiger partial charge in [0.05, 0.1) is 26.8 Å². The average molecular weight is 810 g/mol. The van der Waals surface area contributed by atoms with E-state index in [2.05, 4.69) is 79.2 Å². The highest BCUT2D eigenvalue weighted by atomic mass is 79.9. The second-order valence-electron chi connectivity index (χ2n) is 8.45. The van der Waals surface area contributed by atoms with Crippen molar-refractivity contribution in [1.82, 2.24) is 10.4 Å². The van der Waals surface area contributed by atoms with Gasteiger partial charge in [-0.05, 0) is 70.0 Å². The Morgan fingerprint density at radius 1 is 0.875 bits per heavy atom. The van der Waals surface area contributed by atoms with Gasteiger partial charge in [-0.15, -0.1) is 0 Å². The molecule has 0 spiro atoms. The van der Waals surface area contributed by atoms with E-state index in [0.29, 0.717) is 37.4 Å². The molecule has 0 saturated heterocycles. The number of nitrogens with one attached hydrogen (secondary N) is 2. The molecule has 5 aromatic rings. The van der Waals surface area contributed by atoms with Crippen LogP contribution < -0.4 is 10.2 Å². The van der Waals surface area contributed by atoms with Gasteiger partial charge in [0.25, 0.3) is 5.91 Å². The molecule has 40 heavy (non-hydrogen) atoms. The fourth-order valence-electron chi connectivity index (χ4n) is 4.03. The number of hydrogen-bond donors (Lipinski definition) is 2. The minimum absolute atomic E-state index is 0.251. The van der Waals surface area contributed by atoms with Crippen LogP contribution in [0.15, 0.2) is 102 Å². The molecule has 0 radical (unpaired) electrons. The lowest BCUT2D eigenvalue weighted by molar-refractivity contribution is 0.0733. The van der Waals surface area contributed by atoms with Gasteiger partial charge in [0.2, 0.25) is 0 Å². The first-order valence-corrected chi connectivity index (χ1v) is 15.1. The van der Waals surface area contributed by atoms with Crippen LogP contribution in [0.5, 0.6) is 5.75 Å². The molecule has 0 saturated carbocycles. The maximum absolute atomic E-state index is 13.4. The van der Waals surface area contributed by atoms with Crippen LogP contribution in [0.3, 0.4) is 0 Å². The number of carbonyl (C=O) groups excluding carboxylic acids is 2. The summed E-state index contributed by atoms with van der Waals surface area (Å²) in [6.45, 7) is 0. The van der Waals surface area contributed by atoms with E-state index in [4.69, 9.17) is 16.3 Å². The number of nitrogens with zero attached hydrogens (tertiary/aromatic N) is 1. The first-order chi connectivity index (χ1) is 19.2. The lowest BCUT2D eigenvalue weighted by Gasteiger charge is -2.11. The summed E-state index contributed by atoms with van der Waals surface area (Å²) in [6.07, 6.45) is 1.41. The van der Waals surface area contributed by atoms with E-state index in [1.807, 2.05) is 36.4 Å². The Kier molecular flexibility index (Phi) is 8.92. The van der Waals surface area contributed by atoms with Crippen LogP contribution in [0.1, 0.15) is 26.4 Å². The lowest BCUT2D eigenvalue weighted by atomic mass is 10.0. The van der Waals surface area contributed by atoms with Crippen molar-refractivity contribution in [3.05, 3.63) is 119 Å². The smallest absolute Gasteiger partial charge is 0.343 e. The maximum Gasteiger partial charge on any atom is 0.343 e. The normalized spacial score (nSPS) is 11.2. The number of hydrazone groups is 1. The third kappa shape index (κ3) is 6.26. The third-order valence-electron chi connectivity index (χ3n) is 5.80. The van der Waals surface area contributed by atoms with Crippen molar-refractivity contribution in [2.24, 2.45) is 5.10 Å². The van der Waals surface area contributed by atoms with Crippen molar-refractivity contribution in [2.45, 2.75) is 0 Å². The number of halogens is 5. The van der Waals surface area contributed by atoms with Gasteiger partial charge in [0.1, 0.15) is 5.69 Å². The van der Waals surface area contributed by atoms with E-state index in [9.17, 15) is 9.59 Å². The molecule has 0 fully saturated rings. The molecule has 0 atom stereocenters. The molecule has 200 valence electrons. The van der Waals surface area contributed by atoms with Gasteiger partial charge in [0.15, 0.2) is 5.75 Å². The van der Waals surface area contributed by atoms with Crippen LogP contribution in [-0.4, -0.2) is 23.1 Å². The number of carbonyl (C=O) groups is 2. The number of fused-ring (bicyclic) bond motifs is 1. The van der Waals surface area contributed by atoms with Crippen LogP contribution in [0.2, 0.25) is 5.02 Å². The van der Waals surface area contributed by atoms with Crippen molar-refractivity contribution in [3.8, 4) is 16.9 Å².